The van der Waals surface area contributed by atoms with Gasteiger partial charge in [-0.2, -0.15) is 0 Å². The molecule has 1 aromatic carbocycles. The minimum Gasteiger partial charge on any atom is -0.357 e. The van der Waals surface area contributed by atoms with Crippen molar-refractivity contribution in [3.63, 3.8) is 0 Å². The summed E-state index contributed by atoms with van der Waals surface area (Å²) in [5.74, 6) is 1.01. The van der Waals surface area contributed by atoms with E-state index >= 15 is 0 Å². The Morgan fingerprint density at radius 3 is 2.68 bits per heavy atom. The van der Waals surface area contributed by atoms with Crippen LogP contribution in [0.2, 0.25) is 0 Å². The fourth-order valence-corrected chi connectivity index (χ4v) is 3.12. The molecule has 0 saturated carbocycles. The Balaban J connectivity index is 1.57. The molecule has 1 fully saturated rings. The molecule has 3 rings (SSSR count). The van der Waals surface area contributed by atoms with Gasteiger partial charge >= 0.3 is 6.03 Å². The van der Waals surface area contributed by atoms with Crippen LogP contribution in [0.25, 0.3) is 0 Å². The molecule has 1 aromatic heterocycles. The van der Waals surface area contributed by atoms with Crippen LogP contribution in [0.1, 0.15) is 36.9 Å². The summed E-state index contributed by atoms with van der Waals surface area (Å²) in [6, 6.07) is 14.0. The average Bonchev–Trinajstić information content (AvgIpc) is 3.20. The number of hydrogen-bond acceptors (Lipinski definition) is 3. The third kappa shape index (κ3) is 4.29. The van der Waals surface area contributed by atoms with E-state index in [9.17, 15) is 4.79 Å². The molecule has 0 radical (unpaired) electrons. The van der Waals surface area contributed by atoms with Crippen molar-refractivity contribution in [3.05, 3.63) is 59.8 Å². The van der Waals surface area contributed by atoms with Gasteiger partial charge < -0.3 is 15.1 Å². The van der Waals surface area contributed by atoms with Crippen LogP contribution in [0.3, 0.4) is 0 Å². The van der Waals surface area contributed by atoms with Gasteiger partial charge in [0, 0.05) is 32.9 Å². The molecule has 0 aliphatic carbocycles. The lowest BCUT2D eigenvalue weighted by molar-refractivity contribution is 0.194. The lowest BCUT2D eigenvalue weighted by atomic mass is 10.1. The van der Waals surface area contributed by atoms with Gasteiger partial charge in [-0.15, -0.1) is 0 Å². The number of anilines is 1. The standard InChI is InChI=1S/C20H26N4O/c1-16(18-8-4-3-5-9-18)23(2)20(25)22-15-17-10-11-21-19(14-17)24-12-6-7-13-24/h3-5,8-11,14,16H,6-7,12-13,15H2,1-2H3,(H,22,25)/t16-/m0/s1. The summed E-state index contributed by atoms with van der Waals surface area (Å²) >= 11 is 0. The van der Waals surface area contributed by atoms with Crippen molar-refractivity contribution in [1.29, 1.82) is 0 Å². The van der Waals surface area contributed by atoms with Gasteiger partial charge in [0.15, 0.2) is 0 Å². The summed E-state index contributed by atoms with van der Waals surface area (Å²) in [4.78, 5) is 20.9. The van der Waals surface area contributed by atoms with Gasteiger partial charge in [-0.1, -0.05) is 30.3 Å². The third-order valence-corrected chi connectivity index (χ3v) is 4.87. The van der Waals surface area contributed by atoms with Crippen molar-refractivity contribution in [3.8, 4) is 0 Å². The number of benzene rings is 1. The Bertz CT molecular complexity index is 698. The SMILES string of the molecule is C[C@@H](c1ccccc1)N(C)C(=O)NCc1ccnc(N2CCCC2)c1. The number of rotatable bonds is 5. The fourth-order valence-electron chi connectivity index (χ4n) is 3.12. The molecule has 1 saturated heterocycles. The van der Waals surface area contributed by atoms with Crippen LogP contribution in [0.5, 0.6) is 0 Å². The minimum absolute atomic E-state index is 0.0267. The van der Waals surface area contributed by atoms with Crippen LogP contribution in [-0.2, 0) is 6.54 Å². The molecule has 1 aliphatic rings. The highest BCUT2D eigenvalue weighted by atomic mass is 16.2. The van der Waals surface area contributed by atoms with E-state index in [1.807, 2.05) is 56.6 Å². The molecule has 5 heteroatoms. The lowest BCUT2D eigenvalue weighted by Gasteiger charge is -2.25. The first-order valence-corrected chi connectivity index (χ1v) is 8.90. The Morgan fingerprint density at radius 2 is 1.96 bits per heavy atom. The number of hydrogen-bond donors (Lipinski definition) is 1. The highest BCUT2D eigenvalue weighted by molar-refractivity contribution is 5.74. The summed E-state index contributed by atoms with van der Waals surface area (Å²) in [5, 5.41) is 3.01. The number of aromatic nitrogens is 1. The Morgan fingerprint density at radius 1 is 1.24 bits per heavy atom. The second kappa shape index (κ2) is 8.01. The molecule has 132 valence electrons. The maximum Gasteiger partial charge on any atom is 0.317 e. The highest BCUT2D eigenvalue weighted by Gasteiger charge is 2.17. The van der Waals surface area contributed by atoms with Gasteiger partial charge in [-0.05, 0) is 43.0 Å². The van der Waals surface area contributed by atoms with Crippen LogP contribution in [-0.4, -0.2) is 36.1 Å². The number of nitrogens with zero attached hydrogens (tertiary/aromatic N) is 3. The zero-order valence-corrected chi connectivity index (χ0v) is 15.0. The molecule has 5 nitrogen and oxygen atoms in total. The number of pyridine rings is 1. The lowest BCUT2D eigenvalue weighted by Crippen LogP contribution is -2.38. The van der Waals surface area contributed by atoms with Crippen molar-refractivity contribution < 1.29 is 4.79 Å². The number of carbonyl (C=O) groups is 1. The molecule has 2 amide bonds. The van der Waals surface area contributed by atoms with E-state index in [0.717, 1.165) is 30.0 Å². The quantitative estimate of drug-likeness (QED) is 0.906. The molecule has 1 aliphatic heterocycles. The van der Waals surface area contributed by atoms with E-state index in [2.05, 4.69) is 21.3 Å². The zero-order chi connectivity index (χ0) is 17.6. The average molecular weight is 338 g/mol. The predicted octanol–water partition coefficient (Wildman–Crippen LogP) is 3.58. The van der Waals surface area contributed by atoms with Gasteiger partial charge in [0.25, 0.3) is 0 Å². The number of amides is 2. The van der Waals surface area contributed by atoms with E-state index in [1.54, 1.807) is 4.90 Å². The molecule has 1 N–H and O–H groups in total. The topological polar surface area (TPSA) is 48.5 Å². The maximum atomic E-state index is 12.5. The highest BCUT2D eigenvalue weighted by Crippen LogP contribution is 2.20. The molecular formula is C20H26N4O. The molecule has 0 unspecified atom stereocenters. The van der Waals surface area contributed by atoms with Crippen molar-refractivity contribution in [2.24, 2.45) is 0 Å². The fraction of sp³-hybridized carbons (Fsp3) is 0.400. The first kappa shape index (κ1) is 17.3. The van der Waals surface area contributed by atoms with Crippen LogP contribution in [0, 0.1) is 0 Å². The van der Waals surface area contributed by atoms with Crippen LogP contribution in [0.15, 0.2) is 48.7 Å². The van der Waals surface area contributed by atoms with Crippen molar-refractivity contribution in [2.45, 2.75) is 32.4 Å². The summed E-state index contributed by atoms with van der Waals surface area (Å²) in [6.45, 7) is 4.68. The minimum atomic E-state index is -0.0733. The van der Waals surface area contributed by atoms with E-state index in [4.69, 9.17) is 0 Å². The summed E-state index contributed by atoms with van der Waals surface area (Å²) in [5.41, 5.74) is 2.20. The molecule has 2 aromatic rings. The van der Waals surface area contributed by atoms with Gasteiger partial charge in [0.2, 0.25) is 0 Å². The monoisotopic (exact) mass is 338 g/mol. The molecule has 1 atom stereocenters. The van der Waals surface area contributed by atoms with Crippen LogP contribution in [0.4, 0.5) is 10.6 Å². The predicted molar refractivity (Wildman–Crippen MR) is 101 cm³/mol. The number of nitrogens with one attached hydrogen (secondary N) is 1. The largest absolute Gasteiger partial charge is 0.357 e. The van der Waals surface area contributed by atoms with Crippen LogP contribution >= 0.6 is 0 Å². The summed E-state index contributed by atoms with van der Waals surface area (Å²) in [7, 11) is 1.83. The summed E-state index contributed by atoms with van der Waals surface area (Å²) in [6.07, 6.45) is 4.28. The maximum absolute atomic E-state index is 12.5. The van der Waals surface area contributed by atoms with Gasteiger partial charge in [-0.25, -0.2) is 9.78 Å². The molecular weight excluding hydrogens is 312 g/mol. The molecule has 0 spiro atoms. The Kier molecular flexibility index (Phi) is 5.53. The van der Waals surface area contributed by atoms with Crippen molar-refractivity contribution in [2.75, 3.05) is 25.0 Å². The second-order valence-corrected chi connectivity index (χ2v) is 6.57. The van der Waals surface area contributed by atoms with Gasteiger partial charge in [-0.3, -0.25) is 0 Å². The summed E-state index contributed by atoms with van der Waals surface area (Å²) < 4.78 is 0. The Hall–Kier alpha value is -2.56. The van der Waals surface area contributed by atoms with Crippen molar-refractivity contribution >= 4 is 11.8 Å². The number of carbonyl (C=O) groups excluding carboxylic acids is 1. The first-order chi connectivity index (χ1) is 12.1. The van der Waals surface area contributed by atoms with Gasteiger partial charge in [0.05, 0.1) is 6.04 Å². The first-order valence-electron chi connectivity index (χ1n) is 8.90. The van der Waals surface area contributed by atoms with Gasteiger partial charge in [0.1, 0.15) is 5.82 Å². The van der Waals surface area contributed by atoms with Crippen LogP contribution < -0.4 is 10.2 Å². The molecule has 0 bridgehead atoms. The molecule has 25 heavy (non-hydrogen) atoms. The van der Waals surface area contributed by atoms with E-state index in [1.165, 1.54) is 12.8 Å². The van der Waals surface area contributed by atoms with E-state index in [-0.39, 0.29) is 12.1 Å². The van der Waals surface area contributed by atoms with Crippen molar-refractivity contribution in [1.82, 2.24) is 15.2 Å². The van der Waals surface area contributed by atoms with E-state index in [0.29, 0.717) is 6.54 Å². The zero-order valence-electron chi connectivity index (χ0n) is 15.0. The normalized spacial score (nSPS) is 15.0. The number of urea groups is 1. The molecule has 2 heterocycles. The Labute approximate surface area is 149 Å². The van der Waals surface area contributed by atoms with E-state index < -0.39 is 0 Å². The second-order valence-electron chi connectivity index (χ2n) is 6.57. The third-order valence-electron chi connectivity index (χ3n) is 4.87. The smallest absolute Gasteiger partial charge is 0.317 e.